The van der Waals surface area contributed by atoms with Gasteiger partial charge in [0.25, 0.3) is 5.91 Å². The number of amides is 1. The fourth-order valence-electron chi connectivity index (χ4n) is 3.88. The van der Waals surface area contributed by atoms with Crippen LogP contribution >= 0.6 is 0 Å². The Bertz CT molecular complexity index is 1010. The highest BCUT2D eigenvalue weighted by molar-refractivity contribution is 5.94. The molecule has 1 aromatic heterocycles. The van der Waals surface area contributed by atoms with Crippen LogP contribution in [0.1, 0.15) is 41.4 Å². The lowest BCUT2D eigenvalue weighted by Gasteiger charge is -2.36. The standard InChI is InChI=1S/C23H24N4O2/c1-29-18-11-7-10-17(14-18)19-15-25-23(24)26-21(19)20-12-5-6-13-27(20)22(28)16-8-3-2-4-9-16/h2-4,7-11,14-15,20H,5-6,12-13H2,1H3,(H2,24,25,26). The summed E-state index contributed by atoms with van der Waals surface area (Å²) in [4.78, 5) is 24.0. The van der Waals surface area contributed by atoms with E-state index in [4.69, 9.17) is 10.5 Å². The molecule has 2 heterocycles. The summed E-state index contributed by atoms with van der Waals surface area (Å²) in [6, 6.07) is 17.0. The molecule has 148 valence electrons. The number of carbonyl (C=O) groups is 1. The molecule has 0 saturated carbocycles. The lowest BCUT2D eigenvalue weighted by atomic mass is 9.93. The molecular formula is C23H24N4O2. The van der Waals surface area contributed by atoms with E-state index in [1.54, 1.807) is 13.3 Å². The van der Waals surface area contributed by atoms with E-state index in [9.17, 15) is 4.79 Å². The number of nitrogens with zero attached hydrogens (tertiary/aromatic N) is 3. The number of hydrogen-bond acceptors (Lipinski definition) is 5. The van der Waals surface area contributed by atoms with Gasteiger partial charge in [0.15, 0.2) is 0 Å². The molecular weight excluding hydrogens is 364 g/mol. The van der Waals surface area contributed by atoms with Crippen molar-refractivity contribution in [2.75, 3.05) is 19.4 Å². The SMILES string of the molecule is COc1cccc(-c2cnc(N)nc2C2CCCCN2C(=O)c2ccccc2)c1. The van der Waals surface area contributed by atoms with Crippen molar-refractivity contribution >= 4 is 11.9 Å². The maximum Gasteiger partial charge on any atom is 0.254 e. The highest BCUT2D eigenvalue weighted by Crippen LogP contribution is 2.37. The van der Waals surface area contributed by atoms with Crippen molar-refractivity contribution in [1.29, 1.82) is 0 Å². The highest BCUT2D eigenvalue weighted by atomic mass is 16.5. The average Bonchev–Trinajstić information content (AvgIpc) is 2.79. The zero-order chi connectivity index (χ0) is 20.2. The molecule has 1 saturated heterocycles. The van der Waals surface area contributed by atoms with E-state index in [1.807, 2.05) is 59.5 Å². The van der Waals surface area contributed by atoms with Crippen molar-refractivity contribution < 1.29 is 9.53 Å². The summed E-state index contributed by atoms with van der Waals surface area (Å²) in [5.74, 6) is 0.986. The van der Waals surface area contributed by atoms with Gasteiger partial charge < -0.3 is 15.4 Å². The lowest BCUT2D eigenvalue weighted by molar-refractivity contribution is 0.0607. The Morgan fingerprint density at radius 2 is 1.97 bits per heavy atom. The van der Waals surface area contributed by atoms with Gasteiger partial charge >= 0.3 is 0 Å². The zero-order valence-corrected chi connectivity index (χ0v) is 16.4. The third kappa shape index (κ3) is 3.92. The number of anilines is 1. The summed E-state index contributed by atoms with van der Waals surface area (Å²) < 4.78 is 5.37. The van der Waals surface area contributed by atoms with Crippen LogP contribution in [0.15, 0.2) is 60.8 Å². The Balaban J connectivity index is 1.77. The Hall–Kier alpha value is -3.41. The van der Waals surface area contributed by atoms with E-state index in [1.165, 1.54) is 0 Å². The number of aromatic nitrogens is 2. The normalized spacial score (nSPS) is 16.4. The van der Waals surface area contributed by atoms with Crippen molar-refractivity contribution in [2.24, 2.45) is 0 Å². The number of ether oxygens (including phenoxy) is 1. The molecule has 2 aromatic carbocycles. The maximum absolute atomic E-state index is 13.2. The van der Waals surface area contributed by atoms with Gasteiger partial charge in [0, 0.05) is 23.9 Å². The second-order valence-electron chi connectivity index (χ2n) is 7.14. The van der Waals surface area contributed by atoms with Gasteiger partial charge in [-0.05, 0) is 49.1 Å². The molecule has 1 aliphatic rings. The minimum Gasteiger partial charge on any atom is -0.497 e. The van der Waals surface area contributed by atoms with Crippen LogP contribution in [0, 0.1) is 0 Å². The molecule has 1 unspecified atom stereocenters. The van der Waals surface area contributed by atoms with E-state index in [0.29, 0.717) is 12.1 Å². The molecule has 29 heavy (non-hydrogen) atoms. The largest absolute Gasteiger partial charge is 0.497 e. The Morgan fingerprint density at radius 1 is 1.14 bits per heavy atom. The third-order valence-corrected chi connectivity index (χ3v) is 5.32. The van der Waals surface area contributed by atoms with Crippen LogP contribution in [0.5, 0.6) is 5.75 Å². The van der Waals surface area contributed by atoms with Gasteiger partial charge in [0.1, 0.15) is 5.75 Å². The number of rotatable bonds is 4. The number of benzene rings is 2. The molecule has 1 atom stereocenters. The molecule has 4 rings (SSSR count). The number of carbonyl (C=O) groups excluding carboxylic acids is 1. The predicted molar refractivity (Wildman–Crippen MR) is 113 cm³/mol. The molecule has 0 aliphatic carbocycles. The van der Waals surface area contributed by atoms with Crippen LogP contribution in [0.2, 0.25) is 0 Å². The van der Waals surface area contributed by atoms with Crippen LogP contribution < -0.4 is 10.5 Å². The molecule has 3 aromatic rings. The minimum atomic E-state index is -0.150. The number of nitrogens with two attached hydrogens (primary N) is 1. The summed E-state index contributed by atoms with van der Waals surface area (Å²) in [7, 11) is 1.64. The average molecular weight is 388 g/mol. The topological polar surface area (TPSA) is 81.3 Å². The number of nitrogen functional groups attached to an aromatic ring is 1. The zero-order valence-electron chi connectivity index (χ0n) is 16.4. The minimum absolute atomic E-state index is 0.0177. The molecule has 6 heteroatoms. The number of likely N-dealkylation sites (tertiary alicyclic amines) is 1. The Labute approximate surface area is 170 Å². The van der Waals surface area contributed by atoms with Crippen molar-refractivity contribution in [2.45, 2.75) is 25.3 Å². The third-order valence-electron chi connectivity index (χ3n) is 5.32. The van der Waals surface area contributed by atoms with Gasteiger partial charge in [0.2, 0.25) is 5.95 Å². The van der Waals surface area contributed by atoms with Gasteiger partial charge in [0.05, 0.1) is 18.8 Å². The van der Waals surface area contributed by atoms with Gasteiger partial charge in [-0.25, -0.2) is 9.97 Å². The van der Waals surface area contributed by atoms with Crippen LogP contribution in [0.3, 0.4) is 0 Å². The lowest BCUT2D eigenvalue weighted by Crippen LogP contribution is -2.39. The molecule has 1 aliphatic heterocycles. The number of piperidine rings is 1. The summed E-state index contributed by atoms with van der Waals surface area (Å²) in [6.45, 7) is 0.694. The molecule has 0 spiro atoms. The first-order chi connectivity index (χ1) is 14.2. The van der Waals surface area contributed by atoms with Gasteiger partial charge in [-0.3, -0.25) is 4.79 Å². The molecule has 1 amide bonds. The summed E-state index contributed by atoms with van der Waals surface area (Å²) >= 11 is 0. The monoisotopic (exact) mass is 388 g/mol. The highest BCUT2D eigenvalue weighted by Gasteiger charge is 2.31. The molecule has 1 fully saturated rings. The first-order valence-corrected chi connectivity index (χ1v) is 9.80. The van der Waals surface area contributed by atoms with Crippen molar-refractivity contribution in [3.63, 3.8) is 0 Å². The number of methoxy groups -OCH3 is 1. The first kappa shape index (κ1) is 18.9. The summed E-state index contributed by atoms with van der Waals surface area (Å²) in [5, 5.41) is 0. The van der Waals surface area contributed by atoms with Crippen molar-refractivity contribution in [1.82, 2.24) is 14.9 Å². The van der Waals surface area contributed by atoms with Gasteiger partial charge in [-0.15, -0.1) is 0 Å². The smallest absolute Gasteiger partial charge is 0.254 e. The van der Waals surface area contributed by atoms with E-state index in [-0.39, 0.29) is 17.9 Å². The van der Waals surface area contributed by atoms with Crippen LogP contribution in [-0.2, 0) is 0 Å². The fraction of sp³-hybridized carbons (Fsp3) is 0.261. The van der Waals surface area contributed by atoms with E-state index < -0.39 is 0 Å². The number of hydrogen-bond donors (Lipinski definition) is 1. The quantitative estimate of drug-likeness (QED) is 0.728. The predicted octanol–water partition coefficient (Wildman–Crippen LogP) is 4.10. The molecule has 2 N–H and O–H groups in total. The molecule has 6 nitrogen and oxygen atoms in total. The van der Waals surface area contributed by atoms with Crippen LogP contribution in [0.4, 0.5) is 5.95 Å². The van der Waals surface area contributed by atoms with Crippen LogP contribution in [-0.4, -0.2) is 34.4 Å². The van der Waals surface area contributed by atoms with Gasteiger partial charge in [-0.2, -0.15) is 0 Å². The van der Waals surface area contributed by atoms with Gasteiger partial charge in [-0.1, -0.05) is 30.3 Å². The van der Waals surface area contributed by atoms with E-state index in [0.717, 1.165) is 41.8 Å². The van der Waals surface area contributed by atoms with E-state index in [2.05, 4.69) is 9.97 Å². The van der Waals surface area contributed by atoms with Crippen molar-refractivity contribution in [3.8, 4) is 16.9 Å². The van der Waals surface area contributed by atoms with Crippen molar-refractivity contribution in [3.05, 3.63) is 72.1 Å². The molecule has 0 bridgehead atoms. The van der Waals surface area contributed by atoms with E-state index >= 15 is 0 Å². The Kier molecular flexibility index (Phi) is 5.42. The maximum atomic E-state index is 13.2. The fourth-order valence-corrected chi connectivity index (χ4v) is 3.88. The summed E-state index contributed by atoms with van der Waals surface area (Å²) in [6.07, 6.45) is 4.59. The van der Waals surface area contributed by atoms with Crippen LogP contribution in [0.25, 0.3) is 11.1 Å². The first-order valence-electron chi connectivity index (χ1n) is 9.80. The summed E-state index contributed by atoms with van der Waals surface area (Å²) in [5.41, 5.74) is 9.23. The molecule has 0 radical (unpaired) electrons. The second-order valence-corrected chi connectivity index (χ2v) is 7.14. The Morgan fingerprint density at radius 3 is 2.76 bits per heavy atom. The second kappa shape index (κ2) is 8.31.